The molecule has 30 heavy (non-hydrogen) atoms. The Hall–Kier alpha value is -3.38. The van der Waals surface area contributed by atoms with E-state index < -0.39 is 4.92 Å². The van der Waals surface area contributed by atoms with Crippen LogP contribution in [0.25, 0.3) is 16.2 Å². The fourth-order valence-corrected chi connectivity index (χ4v) is 3.90. The molecule has 13 heteroatoms. The molecule has 2 heterocycles. The number of ether oxygens (including phenoxy) is 2. The Morgan fingerprint density at radius 2 is 1.90 bits per heavy atom. The number of nitrogens with two attached hydrogens (primary N) is 2. The smallest absolute Gasteiger partial charge is 0.324 e. The summed E-state index contributed by atoms with van der Waals surface area (Å²) < 4.78 is 12.4. The first-order valence-corrected chi connectivity index (χ1v) is 9.11. The normalized spacial score (nSPS) is 10.8. The highest BCUT2D eigenvalue weighted by atomic mass is 35.5. The van der Waals surface area contributed by atoms with Crippen molar-refractivity contribution in [1.29, 1.82) is 0 Å². The number of hydrogen-bond donors (Lipinski definition) is 2. The summed E-state index contributed by atoms with van der Waals surface area (Å²) in [6.07, 6.45) is 1.40. The van der Waals surface area contributed by atoms with E-state index in [1.165, 1.54) is 37.8 Å². The zero-order chi connectivity index (χ0) is 21.3. The number of methoxy groups -OCH3 is 2. The van der Waals surface area contributed by atoms with Crippen LogP contribution in [0.1, 0.15) is 16.3 Å². The van der Waals surface area contributed by atoms with Gasteiger partial charge < -0.3 is 20.9 Å². The highest BCUT2D eigenvalue weighted by molar-refractivity contribution is 7.17. The zero-order valence-corrected chi connectivity index (χ0v) is 18.2. The molecule has 3 rings (SSSR count). The molecule has 0 bridgehead atoms. The summed E-state index contributed by atoms with van der Waals surface area (Å²) in [5, 5.41) is 19.4. The number of imidazole rings is 1. The highest BCUT2D eigenvalue weighted by Crippen LogP contribution is 2.45. The first kappa shape index (κ1) is 22.9. The van der Waals surface area contributed by atoms with Crippen LogP contribution >= 0.6 is 23.7 Å². The van der Waals surface area contributed by atoms with Crippen LogP contribution < -0.4 is 20.9 Å². The number of nitrogens with zero attached hydrogens (tertiary/aromatic N) is 5. The molecule has 11 nitrogen and oxygen atoms in total. The molecule has 0 fully saturated rings. The average molecular weight is 454 g/mol. The number of aryl methyl sites for hydroxylation is 2. The monoisotopic (exact) mass is 453 g/mol. The van der Waals surface area contributed by atoms with Crippen molar-refractivity contribution in [3.63, 3.8) is 0 Å². The number of fused-ring (bicyclic) bond motifs is 1. The predicted molar refractivity (Wildman–Crippen MR) is 118 cm³/mol. The number of hydrogen-bond acceptors (Lipinski definition) is 8. The van der Waals surface area contributed by atoms with Crippen molar-refractivity contribution in [2.45, 2.75) is 13.8 Å². The third-order valence-corrected chi connectivity index (χ3v) is 5.34. The van der Waals surface area contributed by atoms with Crippen molar-refractivity contribution in [2.24, 2.45) is 21.7 Å². The average Bonchev–Trinajstić information content (AvgIpc) is 3.16. The number of nitro groups is 1. The summed E-state index contributed by atoms with van der Waals surface area (Å²) in [4.78, 5) is 17.7. The molecule has 0 saturated heterocycles. The Labute approximate surface area is 181 Å². The second-order valence-electron chi connectivity index (χ2n) is 5.93. The lowest BCUT2D eigenvalue weighted by Gasteiger charge is -2.11. The van der Waals surface area contributed by atoms with Gasteiger partial charge in [0.1, 0.15) is 17.0 Å². The van der Waals surface area contributed by atoms with E-state index >= 15 is 0 Å². The van der Waals surface area contributed by atoms with Crippen LogP contribution in [0.3, 0.4) is 0 Å². The predicted octanol–water partition coefficient (Wildman–Crippen LogP) is 2.63. The van der Waals surface area contributed by atoms with Crippen LogP contribution in [0.2, 0.25) is 0 Å². The van der Waals surface area contributed by atoms with E-state index in [0.29, 0.717) is 16.3 Å². The number of guanidine groups is 1. The van der Waals surface area contributed by atoms with Gasteiger partial charge in [-0.25, -0.2) is 4.98 Å². The Bertz CT molecular complexity index is 1170. The summed E-state index contributed by atoms with van der Waals surface area (Å²) in [7, 11) is 2.79. The molecule has 1 aromatic carbocycles. The van der Waals surface area contributed by atoms with Crippen LogP contribution in [0, 0.1) is 24.0 Å². The molecule has 3 aromatic rings. The minimum absolute atomic E-state index is 0. The third-order valence-electron chi connectivity index (χ3n) is 4.29. The van der Waals surface area contributed by atoms with Gasteiger partial charge in [0.2, 0.25) is 5.96 Å². The molecule has 0 spiro atoms. The zero-order valence-electron chi connectivity index (χ0n) is 16.6. The number of halogens is 1. The van der Waals surface area contributed by atoms with E-state index in [9.17, 15) is 10.1 Å². The molecule has 0 unspecified atom stereocenters. The lowest BCUT2D eigenvalue weighted by molar-refractivity contribution is -0.385. The molecular weight excluding hydrogens is 434 g/mol. The lowest BCUT2D eigenvalue weighted by Crippen LogP contribution is -2.21. The molecule has 0 amide bonds. The van der Waals surface area contributed by atoms with Gasteiger partial charge in [-0.1, -0.05) is 0 Å². The standard InChI is InChI=1S/C17H19N7O4S.ClH/c1-8-9(2)29-17-21-14(10(23(8)17)7-20-22-16(18)19)13-11(27-3)5-6-12(28-4)15(13)24(25)26;/h5-7H,1-4H3,(H4,18,19,22);1H. The number of rotatable bonds is 6. The molecule has 0 saturated carbocycles. The molecule has 0 aliphatic rings. The fourth-order valence-electron chi connectivity index (χ4n) is 2.92. The molecule has 2 aromatic heterocycles. The van der Waals surface area contributed by atoms with Crippen molar-refractivity contribution in [3.05, 3.63) is 38.5 Å². The van der Waals surface area contributed by atoms with Crippen molar-refractivity contribution in [2.75, 3.05) is 14.2 Å². The Morgan fingerprint density at radius 1 is 1.27 bits per heavy atom. The molecule has 0 radical (unpaired) electrons. The van der Waals surface area contributed by atoms with Gasteiger partial charge in [0.25, 0.3) is 0 Å². The summed E-state index contributed by atoms with van der Waals surface area (Å²) in [6, 6.07) is 3.06. The largest absolute Gasteiger partial charge is 0.496 e. The van der Waals surface area contributed by atoms with Crippen LogP contribution in [0.5, 0.6) is 11.5 Å². The van der Waals surface area contributed by atoms with Gasteiger partial charge in [0.15, 0.2) is 10.7 Å². The van der Waals surface area contributed by atoms with E-state index in [2.05, 4.69) is 15.2 Å². The topological polar surface area (TPSA) is 156 Å². The van der Waals surface area contributed by atoms with Crippen LogP contribution in [-0.4, -0.2) is 40.7 Å². The van der Waals surface area contributed by atoms with Gasteiger partial charge in [-0.3, -0.25) is 14.5 Å². The van der Waals surface area contributed by atoms with Crippen LogP contribution in [0.4, 0.5) is 5.69 Å². The van der Waals surface area contributed by atoms with Crippen molar-refractivity contribution in [3.8, 4) is 22.8 Å². The molecular formula is C17H20ClN7O4S. The second-order valence-corrected chi connectivity index (χ2v) is 7.11. The SMILES string of the molecule is COc1ccc(OC)c([N+](=O)[O-])c1-c1nc2sc(C)c(C)n2c1C=NN=C(N)N.Cl. The third kappa shape index (κ3) is 3.86. The van der Waals surface area contributed by atoms with Crippen LogP contribution in [0.15, 0.2) is 22.3 Å². The summed E-state index contributed by atoms with van der Waals surface area (Å²) >= 11 is 1.45. The Balaban J connectivity index is 0.00000320. The quantitative estimate of drug-likeness (QED) is 0.251. The lowest BCUT2D eigenvalue weighted by atomic mass is 10.1. The van der Waals surface area contributed by atoms with Gasteiger partial charge in [-0.15, -0.1) is 28.8 Å². The van der Waals surface area contributed by atoms with E-state index in [4.69, 9.17) is 20.9 Å². The minimum atomic E-state index is -0.529. The maximum atomic E-state index is 11.9. The van der Waals surface area contributed by atoms with Crippen LogP contribution in [-0.2, 0) is 0 Å². The first-order chi connectivity index (χ1) is 13.8. The van der Waals surface area contributed by atoms with Gasteiger partial charge >= 0.3 is 5.69 Å². The number of thiazole rings is 1. The number of benzene rings is 1. The van der Waals surface area contributed by atoms with Crippen molar-refractivity contribution in [1.82, 2.24) is 9.38 Å². The molecule has 0 aliphatic carbocycles. The van der Waals surface area contributed by atoms with Gasteiger partial charge in [0, 0.05) is 10.6 Å². The molecule has 4 N–H and O–H groups in total. The van der Waals surface area contributed by atoms with E-state index in [-0.39, 0.29) is 41.1 Å². The first-order valence-electron chi connectivity index (χ1n) is 8.30. The highest BCUT2D eigenvalue weighted by Gasteiger charge is 2.31. The van der Waals surface area contributed by atoms with E-state index in [0.717, 1.165) is 10.6 Å². The van der Waals surface area contributed by atoms with E-state index in [1.54, 1.807) is 6.07 Å². The van der Waals surface area contributed by atoms with Gasteiger partial charge in [-0.2, -0.15) is 5.10 Å². The van der Waals surface area contributed by atoms with Crippen molar-refractivity contribution < 1.29 is 14.4 Å². The fraction of sp³-hybridized carbons (Fsp3) is 0.235. The Morgan fingerprint density at radius 3 is 2.47 bits per heavy atom. The summed E-state index contributed by atoms with van der Waals surface area (Å²) in [5.41, 5.74) is 12.3. The van der Waals surface area contributed by atoms with Gasteiger partial charge in [0.05, 0.1) is 31.1 Å². The summed E-state index contributed by atoms with van der Waals surface area (Å²) in [5.74, 6) is 0.142. The minimum Gasteiger partial charge on any atom is -0.496 e. The molecule has 160 valence electrons. The number of aromatic nitrogens is 2. The summed E-state index contributed by atoms with van der Waals surface area (Å²) in [6.45, 7) is 3.87. The molecule has 0 atom stereocenters. The maximum Gasteiger partial charge on any atom is 0.324 e. The Kier molecular flexibility index (Phi) is 6.84. The number of nitro benzene ring substituents is 1. The van der Waals surface area contributed by atoms with Gasteiger partial charge in [-0.05, 0) is 26.0 Å². The van der Waals surface area contributed by atoms with E-state index in [1.807, 2.05) is 18.2 Å². The second kappa shape index (κ2) is 8.97. The van der Waals surface area contributed by atoms with Crippen molar-refractivity contribution >= 4 is 46.6 Å². The maximum absolute atomic E-state index is 11.9. The molecule has 0 aliphatic heterocycles.